The number of likely N-dealkylation sites (tertiary alicyclic amines) is 1. The van der Waals surface area contributed by atoms with Crippen molar-refractivity contribution in [2.45, 2.75) is 32.1 Å². The molecule has 1 aliphatic heterocycles. The number of amides is 1. The van der Waals surface area contributed by atoms with Crippen LogP contribution < -0.4 is 0 Å². The molecular weight excluding hydrogens is 310 g/mol. The maximum atomic E-state index is 12.5. The first-order valence-corrected chi connectivity index (χ1v) is 8.95. The largest absolute Gasteiger partial charge is 0.342 e. The van der Waals surface area contributed by atoms with Gasteiger partial charge in [0.15, 0.2) is 5.78 Å². The minimum atomic E-state index is -0.0415. The van der Waals surface area contributed by atoms with Gasteiger partial charge in [-0.25, -0.2) is 0 Å². The lowest BCUT2D eigenvalue weighted by Crippen LogP contribution is -2.42. The Kier molecular flexibility index (Phi) is 5.23. The van der Waals surface area contributed by atoms with E-state index in [0.717, 1.165) is 42.7 Å². The Hall–Kier alpha value is -1.95. The zero-order valence-corrected chi connectivity index (χ0v) is 13.8. The molecule has 23 heavy (non-hydrogen) atoms. The lowest BCUT2D eigenvalue weighted by molar-refractivity contribution is -0.132. The Morgan fingerprint density at radius 3 is 3.09 bits per heavy atom. The second-order valence-corrected chi connectivity index (χ2v) is 6.93. The van der Waals surface area contributed by atoms with Gasteiger partial charge in [-0.15, -0.1) is 11.3 Å². The summed E-state index contributed by atoms with van der Waals surface area (Å²) in [5, 5.41) is 8.61. The highest BCUT2D eigenvalue weighted by molar-refractivity contribution is 7.12. The molecule has 1 amide bonds. The minimum Gasteiger partial charge on any atom is -0.342 e. The van der Waals surface area contributed by atoms with Crippen LogP contribution in [0.4, 0.5) is 0 Å². The number of carbonyl (C=O) groups excluding carboxylic acids is 2. The van der Waals surface area contributed by atoms with Crippen molar-refractivity contribution in [3.05, 3.63) is 40.3 Å². The van der Waals surface area contributed by atoms with Crippen molar-refractivity contribution in [1.29, 1.82) is 0 Å². The topological polar surface area (TPSA) is 66.1 Å². The Balaban J connectivity index is 1.49. The second-order valence-electron chi connectivity index (χ2n) is 5.98. The van der Waals surface area contributed by atoms with E-state index >= 15 is 0 Å². The molecule has 1 N–H and O–H groups in total. The van der Waals surface area contributed by atoms with Crippen LogP contribution in [0, 0.1) is 5.92 Å². The third-order valence-electron chi connectivity index (χ3n) is 4.32. The summed E-state index contributed by atoms with van der Waals surface area (Å²) >= 11 is 1.48. The molecule has 0 aromatic carbocycles. The Morgan fingerprint density at radius 2 is 2.35 bits per heavy atom. The lowest BCUT2D eigenvalue weighted by atomic mass is 9.92. The maximum absolute atomic E-state index is 12.5. The highest BCUT2D eigenvalue weighted by atomic mass is 32.1. The number of nitrogens with zero attached hydrogens (tertiary/aromatic N) is 2. The third kappa shape index (κ3) is 4.07. The fourth-order valence-electron chi connectivity index (χ4n) is 3.05. The highest BCUT2D eigenvalue weighted by Crippen LogP contribution is 2.23. The van der Waals surface area contributed by atoms with Crippen LogP contribution in [-0.2, 0) is 11.2 Å². The van der Waals surface area contributed by atoms with Crippen LogP contribution in [0.15, 0.2) is 29.9 Å². The molecule has 0 saturated carbocycles. The molecule has 0 radical (unpaired) electrons. The van der Waals surface area contributed by atoms with Gasteiger partial charge in [0.1, 0.15) is 0 Å². The monoisotopic (exact) mass is 331 g/mol. The number of Topliss-reactive ketones (excluding diaryl/α,β-unsaturated/α-hetero) is 1. The minimum absolute atomic E-state index is 0.0415. The quantitative estimate of drug-likeness (QED) is 0.828. The summed E-state index contributed by atoms with van der Waals surface area (Å²) in [5.74, 6) is 0.313. The molecular formula is C17H21N3O2S. The van der Waals surface area contributed by atoms with Crippen LogP contribution in [0.25, 0.3) is 0 Å². The summed E-state index contributed by atoms with van der Waals surface area (Å²) in [6, 6.07) is 3.78. The summed E-state index contributed by atoms with van der Waals surface area (Å²) in [5.41, 5.74) is 1.13. The van der Waals surface area contributed by atoms with Crippen LogP contribution >= 0.6 is 11.3 Å². The van der Waals surface area contributed by atoms with Crippen molar-refractivity contribution in [1.82, 2.24) is 15.1 Å². The van der Waals surface area contributed by atoms with Gasteiger partial charge in [-0.3, -0.25) is 14.7 Å². The molecule has 3 heterocycles. The molecule has 6 heteroatoms. The third-order valence-corrected chi connectivity index (χ3v) is 5.20. The summed E-state index contributed by atoms with van der Waals surface area (Å²) in [4.78, 5) is 27.5. The van der Waals surface area contributed by atoms with Gasteiger partial charge in [0.2, 0.25) is 5.91 Å². The standard InChI is InChI=1S/C17H21N3O2S/c21-16(7-1-4-13-10-18-19-11-13)20-8-2-5-14(12-20)17(22)15-6-3-9-23-15/h3,6,9-11,14H,1-2,4-5,7-8,12H2,(H,18,19)/t14-/m1/s1. The summed E-state index contributed by atoms with van der Waals surface area (Å²) < 4.78 is 0. The van der Waals surface area contributed by atoms with Crippen molar-refractivity contribution in [2.24, 2.45) is 5.92 Å². The first-order valence-electron chi connectivity index (χ1n) is 8.07. The molecule has 3 rings (SSSR count). The number of hydrogen-bond acceptors (Lipinski definition) is 4. The number of nitrogens with one attached hydrogen (secondary N) is 1. The van der Waals surface area contributed by atoms with E-state index < -0.39 is 0 Å². The normalized spacial score (nSPS) is 18.1. The van der Waals surface area contributed by atoms with Crippen LogP contribution in [0.2, 0.25) is 0 Å². The fourth-order valence-corrected chi connectivity index (χ4v) is 3.80. The number of H-pyrrole nitrogens is 1. The first kappa shape index (κ1) is 15.9. The van der Waals surface area contributed by atoms with Crippen LogP contribution in [0.3, 0.4) is 0 Å². The summed E-state index contributed by atoms with van der Waals surface area (Å²) in [6.45, 7) is 1.35. The number of rotatable bonds is 6. The van der Waals surface area contributed by atoms with E-state index in [0.29, 0.717) is 13.0 Å². The van der Waals surface area contributed by atoms with Crippen LogP contribution in [0.1, 0.15) is 40.9 Å². The SMILES string of the molecule is O=C(c1cccs1)[C@@H]1CCCN(C(=O)CCCc2cn[nH]c2)C1. The molecule has 5 nitrogen and oxygen atoms in total. The van der Waals surface area contributed by atoms with Gasteiger partial charge in [-0.1, -0.05) is 6.07 Å². The van der Waals surface area contributed by atoms with E-state index in [1.54, 1.807) is 6.20 Å². The van der Waals surface area contributed by atoms with Gasteiger partial charge >= 0.3 is 0 Å². The Labute approximate surface area is 139 Å². The van der Waals surface area contributed by atoms with E-state index in [1.165, 1.54) is 11.3 Å². The molecule has 1 saturated heterocycles. The predicted molar refractivity (Wildman–Crippen MR) is 89.5 cm³/mol. The predicted octanol–water partition coefficient (Wildman–Crippen LogP) is 2.92. The number of aromatic amines is 1. The number of aromatic nitrogens is 2. The van der Waals surface area contributed by atoms with Crippen molar-refractivity contribution in [3.8, 4) is 0 Å². The number of carbonyl (C=O) groups is 2. The molecule has 0 unspecified atom stereocenters. The van der Waals surface area contributed by atoms with E-state index in [9.17, 15) is 9.59 Å². The van der Waals surface area contributed by atoms with E-state index in [1.807, 2.05) is 28.6 Å². The molecule has 0 bridgehead atoms. The molecule has 122 valence electrons. The maximum Gasteiger partial charge on any atom is 0.222 e. The second kappa shape index (κ2) is 7.55. The molecule has 1 fully saturated rings. The van der Waals surface area contributed by atoms with Crippen LogP contribution in [-0.4, -0.2) is 39.9 Å². The Morgan fingerprint density at radius 1 is 1.43 bits per heavy atom. The zero-order valence-electron chi connectivity index (χ0n) is 13.0. The van der Waals surface area contributed by atoms with Crippen molar-refractivity contribution in [3.63, 3.8) is 0 Å². The average molecular weight is 331 g/mol. The molecule has 1 aliphatic rings. The van der Waals surface area contributed by atoms with Crippen molar-refractivity contribution >= 4 is 23.0 Å². The van der Waals surface area contributed by atoms with Gasteiger partial charge in [0.05, 0.1) is 11.1 Å². The Bertz CT molecular complexity index is 637. The number of aryl methyl sites for hydroxylation is 1. The smallest absolute Gasteiger partial charge is 0.222 e. The zero-order chi connectivity index (χ0) is 16.1. The lowest BCUT2D eigenvalue weighted by Gasteiger charge is -2.32. The van der Waals surface area contributed by atoms with Gasteiger partial charge in [-0.2, -0.15) is 5.10 Å². The molecule has 0 spiro atoms. The van der Waals surface area contributed by atoms with Crippen LogP contribution in [0.5, 0.6) is 0 Å². The van der Waals surface area contributed by atoms with Gasteiger partial charge in [-0.05, 0) is 42.7 Å². The molecule has 2 aromatic heterocycles. The average Bonchev–Trinajstić information content (AvgIpc) is 3.28. The number of piperidine rings is 1. The number of ketones is 1. The summed E-state index contributed by atoms with van der Waals surface area (Å²) in [6.07, 6.45) is 7.66. The van der Waals surface area contributed by atoms with Crippen molar-refractivity contribution < 1.29 is 9.59 Å². The van der Waals surface area contributed by atoms with E-state index in [2.05, 4.69) is 10.2 Å². The number of thiophene rings is 1. The highest BCUT2D eigenvalue weighted by Gasteiger charge is 2.29. The molecule has 0 aliphatic carbocycles. The number of hydrogen-bond donors (Lipinski definition) is 1. The van der Waals surface area contributed by atoms with Gasteiger partial charge < -0.3 is 4.90 Å². The van der Waals surface area contributed by atoms with E-state index in [-0.39, 0.29) is 17.6 Å². The van der Waals surface area contributed by atoms with E-state index in [4.69, 9.17) is 0 Å². The van der Waals surface area contributed by atoms with Gasteiger partial charge in [0, 0.05) is 31.6 Å². The fraction of sp³-hybridized carbons (Fsp3) is 0.471. The van der Waals surface area contributed by atoms with Gasteiger partial charge in [0.25, 0.3) is 0 Å². The molecule has 1 atom stereocenters. The van der Waals surface area contributed by atoms with Crippen molar-refractivity contribution in [2.75, 3.05) is 13.1 Å². The summed E-state index contributed by atoms with van der Waals surface area (Å²) in [7, 11) is 0. The first-order chi connectivity index (χ1) is 11.2. The molecule has 2 aromatic rings.